The number of nitrogens with zero attached hydrogens (tertiary/aromatic N) is 3. The van der Waals surface area contributed by atoms with Crippen LogP contribution in [0.1, 0.15) is 29.4 Å². The summed E-state index contributed by atoms with van der Waals surface area (Å²) in [4.78, 5) is 11.4. The van der Waals surface area contributed by atoms with Gasteiger partial charge >= 0.3 is 5.97 Å². The van der Waals surface area contributed by atoms with Gasteiger partial charge in [0.2, 0.25) is 5.69 Å². The van der Waals surface area contributed by atoms with Crippen LogP contribution in [0.3, 0.4) is 0 Å². The second-order valence-electron chi connectivity index (χ2n) is 4.74. The lowest BCUT2D eigenvalue weighted by Crippen LogP contribution is -2.10. The van der Waals surface area contributed by atoms with Crippen LogP contribution in [0.15, 0.2) is 24.3 Å². The van der Waals surface area contributed by atoms with Crippen molar-refractivity contribution in [2.24, 2.45) is 0 Å². The first-order valence-corrected chi connectivity index (χ1v) is 7.14. The minimum Gasteiger partial charge on any atom is -0.494 e. The van der Waals surface area contributed by atoms with Crippen LogP contribution in [-0.2, 0) is 17.7 Å². The van der Waals surface area contributed by atoms with Gasteiger partial charge in [-0.2, -0.15) is 0 Å². The number of rotatable bonds is 7. The van der Waals surface area contributed by atoms with Gasteiger partial charge in [-0.1, -0.05) is 24.3 Å². The first-order valence-electron chi connectivity index (χ1n) is 7.14. The topological polar surface area (TPSA) is 92.3 Å². The van der Waals surface area contributed by atoms with Gasteiger partial charge in [-0.3, -0.25) is 0 Å². The molecular formula is C15H20N4O3. The second kappa shape index (κ2) is 7.44. The quantitative estimate of drug-likeness (QED) is 0.618. The number of nitrogen functional groups attached to an aromatic ring is 1. The van der Waals surface area contributed by atoms with Crippen molar-refractivity contribution in [3.8, 4) is 5.75 Å². The van der Waals surface area contributed by atoms with Crippen LogP contribution >= 0.6 is 0 Å². The van der Waals surface area contributed by atoms with Crippen LogP contribution in [0.2, 0.25) is 0 Å². The number of esters is 1. The molecule has 0 spiro atoms. The zero-order valence-corrected chi connectivity index (χ0v) is 12.8. The fraction of sp³-hybridized carbons (Fsp3) is 0.400. The van der Waals surface area contributed by atoms with Gasteiger partial charge in [0.1, 0.15) is 5.75 Å². The normalized spacial score (nSPS) is 10.5. The third kappa shape index (κ3) is 3.75. The molecule has 1 aromatic heterocycles. The van der Waals surface area contributed by atoms with E-state index in [4.69, 9.17) is 10.5 Å². The number of aryl methyl sites for hydroxylation is 2. The summed E-state index contributed by atoms with van der Waals surface area (Å²) < 4.78 is 11.7. The summed E-state index contributed by atoms with van der Waals surface area (Å²) in [6.07, 6.45) is 1.71. The molecule has 0 saturated carbocycles. The summed E-state index contributed by atoms with van der Waals surface area (Å²) >= 11 is 0. The Morgan fingerprint density at radius 2 is 2.05 bits per heavy atom. The van der Waals surface area contributed by atoms with Crippen molar-refractivity contribution in [3.05, 3.63) is 35.5 Å². The summed E-state index contributed by atoms with van der Waals surface area (Å²) in [6, 6.07) is 8.01. The van der Waals surface area contributed by atoms with E-state index in [2.05, 4.69) is 22.0 Å². The molecule has 0 fully saturated rings. The van der Waals surface area contributed by atoms with Crippen molar-refractivity contribution in [1.82, 2.24) is 15.0 Å². The first-order chi connectivity index (χ1) is 10.7. The third-order valence-electron chi connectivity index (χ3n) is 3.27. The Kier molecular flexibility index (Phi) is 5.35. The number of benzene rings is 1. The molecule has 22 heavy (non-hydrogen) atoms. The highest BCUT2D eigenvalue weighted by Crippen LogP contribution is 2.13. The lowest BCUT2D eigenvalue weighted by molar-refractivity contribution is 0.0595. The smallest absolute Gasteiger partial charge is 0.362 e. The average molecular weight is 304 g/mol. The Hall–Kier alpha value is -2.57. The molecule has 0 amide bonds. The van der Waals surface area contributed by atoms with Gasteiger partial charge in [-0.15, -0.1) is 5.10 Å². The van der Waals surface area contributed by atoms with Crippen molar-refractivity contribution in [3.63, 3.8) is 0 Å². The van der Waals surface area contributed by atoms with Crippen LogP contribution in [0.4, 0.5) is 5.82 Å². The predicted octanol–water partition coefficient (Wildman–Crippen LogP) is 1.68. The Morgan fingerprint density at radius 1 is 1.32 bits per heavy atom. The Balaban J connectivity index is 1.81. The van der Waals surface area contributed by atoms with E-state index in [1.165, 1.54) is 17.4 Å². The third-order valence-corrected chi connectivity index (χ3v) is 3.27. The highest BCUT2D eigenvalue weighted by atomic mass is 16.5. The second-order valence-corrected chi connectivity index (χ2v) is 4.74. The van der Waals surface area contributed by atoms with Crippen LogP contribution < -0.4 is 10.5 Å². The Bertz CT molecular complexity index is 622. The van der Waals surface area contributed by atoms with Crippen molar-refractivity contribution < 1.29 is 14.3 Å². The van der Waals surface area contributed by atoms with Crippen LogP contribution in [0.5, 0.6) is 5.75 Å². The molecule has 0 radical (unpaired) electrons. The van der Waals surface area contributed by atoms with Gasteiger partial charge in [0.15, 0.2) is 5.82 Å². The van der Waals surface area contributed by atoms with Crippen molar-refractivity contribution in [2.75, 3.05) is 19.5 Å². The highest BCUT2D eigenvalue weighted by Gasteiger charge is 2.17. The predicted molar refractivity (Wildman–Crippen MR) is 81.7 cm³/mol. The van der Waals surface area contributed by atoms with E-state index in [9.17, 15) is 4.79 Å². The lowest BCUT2D eigenvalue weighted by atomic mass is 10.2. The molecule has 118 valence electrons. The van der Waals surface area contributed by atoms with E-state index in [1.54, 1.807) is 0 Å². The fourth-order valence-electron chi connectivity index (χ4n) is 1.95. The van der Waals surface area contributed by atoms with E-state index < -0.39 is 5.97 Å². The number of aromatic nitrogens is 3. The number of nitrogens with two attached hydrogens (primary N) is 1. The maximum Gasteiger partial charge on any atom is 0.362 e. The maximum atomic E-state index is 11.4. The molecule has 2 aromatic rings. The molecule has 0 atom stereocenters. The molecule has 0 unspecified atom stereocenters. The summed E-state index contributed by atoms with van der Waals surface area (Å²) in [5.74, 6) is 0.453. The largest absolute Gasteiger partial charge is 0.494 e. The number of carbonyl (C=O) groups is 1. The molecule has 7 nitrogen and oxygen atoms in total. The molecule has 0 aliphatic heterocycles. The number of carbonyl (C=O) groups excluding carboxylic acids is 1. The Morgan fingerprint density at radius 3 is 2.68 bits per heavy atom. The van der Waals surface area contributed by atoms with E-state index >= 15 is 0 Å². The van der Waals surface area contributed by atoms with Crippen LogP contribution in [0.25, 0.3) is 0 Å². The number of methoxy groups -OCH3 is 1. The van der Waals surface area contributed by atoms with Gasteiger partial charge in [0, 0.05) is 13.0 Å². The zero-order valence-electron chi connectivity index (χ0n) is 12.8. The monoisotopic (exact) mass is 304 g/mol. The number of hydrogen-bond donors (Lipinski definition) is 1. The van der Waals surface area contributed by atoms with Crippen molar-refractivity contribution >= 4 is 11.8 Å². The molecule has 2 N–H and O–H groups in total. The summed E-state index contributed by atoms with van der Waals surface area (Å²) in [6.45, 7) is 3.15. The van der Waals surface area contributed by atoms with Gasteiger partial charge in [-0.05, 0) is 24.1 Å². The van der Waals surface area contributed by atoms with Gasteiger partial charge in [-0.25, -0.2) is 9.48 Å². The van der Waals surface area contributed by atoms with Gasteiger partial charge < -0.3 is 15.2 Å². The van der Waals surface area contributed by atoms with Gasteiger partial charge in [0.25, 0.3) is 0 Å². The van der Waals surface area contributed by atoms with E-state index in [1.807, 2.05) is 24.3 Å². The first kappa shape index (κ1) is 15.8. The molecule has 0 aliphatic carbocycles. The summed E-state index contributed by atoms with van der Waals surface area (Å²) in [5, 5.41) is 7.55. The fourth-order valence-corrected chi connectivity index (χ4v) is 1.95. The Labute approximate surface area is 129 Å². The van der Waals surface area contributed by atoms with E-state index in [0.29, 0.717) is 19.6 Å². The number of hydrogen-bond acceptors (Lipinski definition) is 6. The van der Waals surface area contributed by atoms with Crippen molar-refractivity contribution in [2.45, 2.75) is 26.3 Å². The lowest BCUT2D eigenvalue weighted by Gasteiger charge is -2.07. The van der Waals surface area contributed by atoms with Crippen LogP contribution in [-0.4, -0.2) is 34.7 Å². The average Bonchev–Trinajstić information content (AvgIpc) is 2.92. The van der Waals surface area contributed by atoms with Crippen molar-refractivity contribution in [1.29, 1.82) is 0 Å². The zero-order chi connectivity index (χ0) is 15.9. The van der Waals surface area contributed by atoms with Gasteiger partial charge in [0.05, 0.1) is 13.7 Å². The molecular weight excluding hydrogens is 284 g/mol. The molecule has 1 aromatic carbocycles. The minimum atomic E-state index is -0.587. The maximum absolute atomic E-state index is 11.4. The molecule has 0 bridgehead atoms. The highest BCUT2D eigenvalue weighted by molar-refractivity contribution is 5.91. The summed E-state index contributed by atoms with van der Waals surface area (Å²) in [5.41, 5.74) is 7.12. The number of ether oxygens (including phenoxy) is 2. The van der Waals surface area contributed by atoms with E-state index in [-0.39, 0.29) is 11.5 Å². The summed E-state index contributed by atoms with van der Waals surface area (Å²) in [7, 11) is 1.28. The molecule has 1 heterocycles. The molecule has 0 saturated heterocycles. The van der Waals surface area contributed by atoms with E-state index in [0.717, 1.165) is 12.2 Å². The minimum absolute atomic E-state index is 0.0403. The van der Waals surface area contributed by atoms with Crippen LogP contribution in [0, 0.1) is 0 Å². The molecule has 0 aliphatic rings. The standard InChI is InChI=1S/C15H20N4O3/c1-3-11-5-7-12(8-6-11)22-10-4-9-19-14(16)13(17-18-19)15(20)21-2/h5-8H,3-4,9-10,16H2,1-2H3. The SMILES string of the molecule is CCc1ccc(OCCCn2nnc(C(=O)OC)c2N)cc1. The molecule has 2 rings (SSSR count). The number of anilines is 1. The molecule has 7 heteroatoms.